The first-order valence-corrected chi connectivity index (χ1v) is 8.62. The number of carbonyl (C=O) groups excluding carboxylic acids is 1. The number of alkyl halides is 2. The molecule has 0 unspecified atom stereocenters. The van der Waals surface area contributed by atoms with Crippen LogP contribution in [0.5, 0.6) is 0 Å². The van der Waals surface area contributed by atoms with Crippen molar-refractivity contribution in [2.45, 2.75) is 32.2 Å². The lowest BCUT2D eigenvalue weighted by Gasteiger charge is -2.42. The minimum atomic E-state index is -2.86. The second-order valence-corrected chi connectivity index (χ2v) is 7.37. The number of hydrogen-bond donors (Lipinski definition) is 0. The molecule has 1 aromatic rings. The molecule has 3 heterocycles. The van der Waals surface area contributed by atoms with E-state index in [0.717, 1.165) is 11.3 Å². The molecule has 1 atom stereocenters. The molecule has 0 bridgehead atoms. The third kappa shape index (κ3) is 3.55. The number of amides is 1. The highest BCUT2D eigenvalue weighted by Crippen LogP contribution is 2.45. The summed E-state index contributed by atoms with van der Waals surface area (Å²) >= 11 is 0. The zero-order chi connectivity index (χ0) is 18.2. The largest absolute Gasteiger partial charge is 0.383 e. The number of hydrogen-bond acceptors (Lipinski definition) is 4. The summed E-state index contributed by atoms with van der Waals surface area (Å²) in [5.74, 6) is -3.02. The first kappa shape index (κ1) is 18.3. The molecule has 2 saturated heterocycles. The average Bonchev–Trinajstić information content (AvgIpc) is 2.99. The number of rotatable bonds is 5. The Bertz CT molecular complexity index is 649. The van der Waals surface area contributed by atoms with E-state index in [0.29, 0.717) is 39.2 Å². The lowest BCUT2D eigenvalue weighted by molar-refractivity contribution is -0.155. The molecule has 0 aliphatic carbocycles. The van der Waals surface area contributed by atoms with Gasteiger partial charge in [0.2, 0.25) is 5.91 Å². The van der Waals surface area contributed by atoms with Gasteiger partial charge >= 0.3 is 0 Å². The summed E-state index contributed by atoms with van der Waals surface area (Å²) in [6, 6.07) is 0. The van der Waals surface area contributed by atoms with Gasteiger partial charge in [-0.3, -0.25) is 14.4 Å². The van der Waals surface area contributed by atoms with Gasteiger partial charge in [0, 0.05) is 58.0 Å². The molecule has 1 amide bonds. The first-order valence-electron chi connectivity index (χ1n) is 8.62. The molecule has 1 spiro atoms. The highest BCUT2D eigenvalue weighted by molar-refractivity contribution is 5.85. The van der Waals surface area contributed by atoms with Crippen molar-refractivity contribution in [3.8, 4) is 0 Å². The Labute approximate surface area is 146 Å². The van der Waals surface area contributed by atoms with Crippen LogP contribution in [0, 0.1) is 12.3 Å². The standard InChI is InChI=1S/C17H26F2N4O2/c1-13-14(8-20-21(13)2)9-22-11-16(10-17(18,19)12-22)4-5-23(15(16)24)6-7-25-3/h8H,4-7,9-12H2,1-3H3/t16-/m1/s1. The summed E-state index contributed by atoms with van der Waals surface area (Å²) in [7, 11) is 3.41. The third-order valence-corrected chi connectivity index (χ3v) is 5.48. The number of halogens is 2. The fourth-order valence-corrected chi connectivity index (χ4v) is 4.09. The van der Waals surface area contributed by atoms with Crippen molar-refractivity contribution in [1.29, 1.82) is 0 Å². The van der Waals surface area contributed by atoms with Gasteiger partial charge in [-0.05, 0) is 13.3 Å². The van der Waals surface area contributed by atoms with Crippen LogP contribution >= 0.6 is 0 Å². The van der Waals surface area contributed by atoms with Crippen molar-refractivity contribution < 1.29 is 18.3 Å². The number of ether oxygens (including phenoxy) is 1. The molecule has 3 rings (SSSR count). The smallest absolute Gasteiger partial charge is 0.261 e. The Morgan fingerprint density at radius 1 is 1.36 bits per heavy atom. The number of methoxy groups -OCH3 is 1. The van der Waals surface area contributed by atoms with Gasteiger partial charge < -0.3 is 9.64 Å². The van der Waals surface area contributed by atoms with Gasteiger partial charge in [0.05, 0.1) is 24.8 Å². The number of piperidine rings is 1. The highest BCUT2D eigenvalue weighted by atomic mass is 19.3. The molecule has 1 aromatic heterocycles. The highest BCUT2D eigenvalue weighted by Gasteiger charge is 2.56. The summed E-state index contributed by atoms with van der Waals surface area (Å²) in [6.45, 7) is 3.79. The van der Waals surface area contributed by atoms with E-state index in [1.54, 1.807) is 27.8 Å². The molecule has 6 nitrogen and oxygen atoms in total. The predicted molar refractivity (Wildman–Crippen MR) is 88.3 cm³/mol. The second kappa shape index (κ2) is 6.64. The van der Waals surface area contributed by atoms with Crippen LogP contribution in [0.4, 0.5) is 8.78 Å². The maximum absolute atomic E-state index is 14.5. The normalized spacial score (nSPS) is 26.8. The fourth-order valence-electron chi connectivity index (χ4n) is 4.09. The number of nitrogens with zero attached hydrogens (tertiary/aromatic N) is 4. The number of likely N-dealkylation sites (tertiary alicyclic amines) is 2. The molecule has 0 saturated carbocycles. The molecule has 2 aliphatic heterocycles. The van der Waals surface area contributed by atoms with E-state index >= 15 is 0 Å². The Morgan fingerprint density at radius 3 is 2.76 bits per heavy atom. The van der Waals surface area contributed by atoms with E-state index in [4.69, 9.17) is 4.74 Å². The van der Waals surface area contributed by atoms with Crippen LogP contribution in [0.2, 0.25) is 0 Å². The maximum Gasteiger partial charge on any atom is 0.261 e. The van der Waals surface area contributed by atoms with E-state index in [-0.39, 0.29) is 18.9 Å². The monoisotopic (exact) mass is 356 g/mol. The molecule has 8 heteroatoms. The molecular weight excluding hydrogens is 330 g/mol. The van der Waals surface area contributed by atoms with Gasteiger partial charge in [-0.1, -0.05) is 0 Å². The van der Waals surface area contributed by atoms with Gasteiger partial charge in [-0.2, -0.15) is 5.10 Å². The van der Waals surface area contributed by atoms with Gasteiger partial charge in [0.15, 0.2) is 0 Å². The van der Waals surface area contributed by atoms with Crippen LogP contribution in [0.3, 0.4) is 0 Å². The van der Waals surface area contributed by atoms with Crippen molar-refractivity contribution in [3.63, 3.8) is 0 Å². The van der Waals surface area contributed by atoms with Crippen molar-refractivity contribution in [2.24, 2.45) is 12.5 Å². The van der Waals surface area contributed by atoms with Gasteiger partial charge in [-0.25, -0.2) is 8.78 Å². The summed E-state index contributed by atoms with van der Waals surface area (Å²) in [5.41, 5.74) is 0.908. The van der Waals surface area contributed by atoms with Crippen LogP contribution in [0.15, 0.2) is 6.20 Å². The summed E-state index contributed by atoms with van der Waals surface area (Å²) < 4.78 is 35.7. The van der Waals surface area contributed by atoms with E-state index < -0.39 is 11.3 Å². The van der Waals surface area contributed by atoms with Crippen molar-refractivity contribution in [1.82, 2.24) is 19.6 Å². The molecular formula is C17H26F2N4O2. The van der Waals surface area contributed by atoms with E-state index in [1.807, 2.05) is 14.0 Å². The Morgan fingerprint density at radius 2 is 2.12 bits per heavy atom. The van der Waals surface area contributed by atoms with Gasteiger partial charge in [0.1, 0.15) is 0 Å². The fraction of sp³-hybridized carbons (Fsp3) is 0.765. The average molecular weight is 356 g/mol. The molecule has 25 heavy (non-hydrogen) atoms. The maximum atomic E-state index is 14.5. The number of aryl methyl sites for hydroxylation is 1. The Kier molecular flexibility index (Phi) is 4.85. The summed E-state index contributed by atoms with van der Waals surface area (Å²) in [6.07, 6.45) is 1.84. The minimum Gasteiger partial charge on any atom is -0.383 e. The van der Waals surface area contributed by atoms with E-state index in [2.05, 4.69) is 5.10 Å². The number of carbonyl (C=O) groups is 1. The van der Waals surface area contributed by atoms with Gasteiger partial charge in [-0.15, -0.1) is 0 Å². The second-order valence-electron chi connectivity index (χ2n) is 7.37. The zero-order valence-corrected chi connectivity index (χ0v) is 15.1. The van der Waals surface area contributed by atoms with E-state index in [1.165, 1.54) is 0 Å². The van der Waals surface area contributed by atoms with Crippen LogP contribution < -0.4 is 0 Å². The Balaban J connectivity index is 1.77. The lowest BCUT2D eigenvalue weighted by Crippen LogP contribution is -2.55. The molecule has 2 aliphatic rings. The molecule has 0 aromatic carbocycles. The van der Waals surface area contributed by atoms with Gasteiger partial charge in [0.25, 0.3) is 5.92 Å². The molecule has 140 valence electrons. The minimum absolute atomic E-state index is 0.156. The Hall–Kier alpha value is -1.54. The van der Waals surface area contributed by atoms with Crippen molar-refractivity contribution >= 4 is 5.91 Å². The van der Waals surface area contributed by atoms with E-state index in [9.17, 15) is 13.6 Å². The topological polar surface area (TPSA) is 50.6 Å². The molecule has 2 fully saturated rings. The number of aromatic nitrogens is 2. The predicted octanol–water partition coefficient (Wildman–Crippen LogP) is 1.43. The van der Waals surface area contributed by atoms with Crippen molar-refractivity contribution in [2.75, 3.05) is 39.9 Å². The zero-order valence-electron chi connectivity index (χ0n) is 15.1. The molecule has 0 radical (unpaired) electrons. The first-order chi connectivity index (χ1) is 11.8. The van der Waals surface area contributed by atoms with Crippen LogP contribution in [0.1, 0.15) is 24.1 Å². The quantitative estimate of drug-likeness (QED) is 0.801. The van der Waals surface area contributed by atoms with Crippen LogP contribution in [-0.2, 0) is 23.1 Å². The van der Waals surface area contributed by atoms with Crippen LogP contribution in [-0.4, -0.2) is 71.3 Å². The third-order valence-electron chi connectivity index (χ3n) is 5.48. The summed E-state index contributed by atoms with van der Waals surface area (Å²) in [5, 5.41) is 4.18. The summed E-state index contributed by atoms with van der Waals surface area (Å²) in [4.78, 5) is 16.2. The SMILES string of the molecule is COCCN1CC[C@@]2(CN(Cc3cnn(C)c3C)CC(F)(F)C2)C1=O. The lowest BCUT2D eigenvalue weighted by atomic mass is 9.77. The van der Waals surface area contributed by atoms with Crippen molar-refractivity contribution in [3.05, 3.63) is 17.5 Å². The van der Waals surface area contributed by atoms with Crippen LogP contribution in [0.25, 0.3) is 0 Å². The molecule has 0 N–H and O–H groups in total.